The smallest absolute Gasteiger partial charge is 0.225 e. The highest BCUT2D eigenvalue weighted by atomic mass is 35.5. The number of aromatic nitrogens is 1. The number of hydrogen-bond acceptors (Lipinski definition) is 3. The van der Waals surface area contributed by atoms with Gasteiger partial charge in [-0.3, -0.25) is 9.78 Å². The molecule has 1 unspecified atom stereocenters. The molecule has 1 saturated heterocycles. The maximum absolute atomic E-state index is 11.4. The van der Waals surface area contributed by atoms with E-state index < -0.39 is 6.10 Å². The third-order valence-corrected chi connectivity index (χ3v) is 2.56. The number of halogens is 1. The van der Waals surface area contributed by atoms with E-state index in [4.69, 9.17) is 11.6 Å². The second-order valence-electron chi connectivity index (χ2n) is 3.60. The molecule has 1 aromatic rings. The van der Waals surface area contributed by atoms with Crippen molar-refractivity contribution in [2.24, 2.45) is 0 Å². The molecule has 15 heavy (non-hydrogen) atoms. The van der Waals surface area contributed by atoms with E-state index in [1.54, 1.807) is 23.2 Å². The number of aliphatic hydroxyl groups is 1. The second kappa shape index (κ2) is 4.16. The van der Waals surface area contributed by atoms with Crippen molar-refractivity contribution in [2.45, 2.75) is 19.1 Å². The van der Waals surface area contributed by atoms with Gasteiger partial charge in [-0.1, -0.05) is 11.6 Å². The molecule has 0 bridgehead atoms. The molecule has 5 heteroatoms. The summed E-state index contributed by atoms with van der Waals surface area (Å²) in [6, 6.07) is 3.41. The van der Waals surface area contributed by atoms with Crippen molar-refractivity contribution in [3.8, 4) is 0 Å². The number of nitrogens with zero attached hydrogens (tertiary/aromatic N) is 2. The van der Waals surface area contributed by atoms with Crippen LogP contribution in [0.5, 0.6) is 0 Å². The van der Waals surface area contributed by atoms with Crippen molar-refractivity contribution < 1.29 is 9.90 Å². The lowest BCUT2D eigenvalue weighted by molar-refractivity contribution is -0.128. The fraction of sp³-hybridized carbons (Fsp3) is 0.400. The van der Waals surface area contributed by atoms with Crippen molar-refractivity contribution in [3.63, 3.8) is 0 Å². The first-order valence-electron chi connectivity index (χ1n) is 4.71. The summed E-state index contributed by atoms with van der Waals surface area (Å²) in [7, 11) is 0. The van der Waals surface area contributed by atoms with Crippen LogP contribution >= 0.6 is 11.6 Å². The van der Waals surface area contributed by atoms with Gasteiger partial charge in [0, 0.05) is 17.8 Å². The summed E-state index contributed by atoms with van der Waals surface area (Å²) in [4.78, 5) is 17.1. The third kappa shape index (κ3) is 2.46. The molecule has 80 valence electrons. The Morgan fingerprint density at radius 2 is 2.47 bits per heavy atom. The Bertz CT molecular complexity index is 383. The standard InChI is InChI=1S/C10H11ClN2O2/c11-7-1-2-12-8(3-7)5-13-6-9(14)4-10(13)15/h1-3,9,14H,4-6H2. The Labute approximate surface area is 92.5 Å². The monoisotopic (exact) mass is 226 g/mol. The Balaban J connectivity index is 2.06. The number of rotatable bonds is 2. The Kier molecular flexibility index (Phi) is 2.88. The van der Waals surface area contributed by atoms with Gasteiger partial charge in [0.25, 0.3) is 0 Å². The van der Waals surface area contributed by atoms with Crippen LogP contribution in [0.2, 0.25) is 5.02 Å². The summed E-state index contributed by atoms with van der Waals surface area (Å²) in [5.41, 5.74) is 0.741. The first-order chi connectivity index (χ1) is 7.15. The molecule has 0 radical (unpaired) electrons. The number of pyridine rings is 1. The third-order valence-electron chi connectivity index (χ3n) is 2.33. The van der Waals surface area contributed by atoms with E-state index in [0.717, 1.165) is 5.69 Å². The molecule has 0 spiro atoms. The summed E-state index contributed by atoms with van der Waals surface area (Å²) < 4.78 is 0. The molecule has 1 N–H and O–H groups in total. The van der Waals surface area contributed by atoms with E-state index in [0.29, 0.717) is 18.1 Å². The van der Waals surface area contributed by atoms with Gasteiger partial charge in [0.1, 0.15) is 0 Å². The zero-order chi connectivity index (χ0) is 10.8. The van der Waals surface area contributed by atoms with Crippen LogP contribution in [0.4, 0.5) is 0 Å². The van der Waals surface area contributed by atoms with Gasteiger partial charge in [0.05, 0.1) is 24.8 Å². The number of aliphatic hydroxyl groups excluding tert-OH is 1. The van der Waals surface area contributed by atoms with E-state index >= 15 is 0 Å². The van der Waals surface area contributed by atoms with Crippen molar-refractivity contribution >= 4 is 17.5 Å². The van der Waals surface area contributed by atoms with Crippen LogP contribution < -0.4 is 0 Å². The maximum Gasteiger partial charge on any atom is 0.225 e. The molecular formula is C10H11ClN2O2. The van der Waals surface area contributed by atoms with Crippen LogP contribution in [0.3, 0.4) is 0 Å². The molecule has 2 heterocycles. The largest absolute Gasteiger partial charge is 0.391 e. The van der Waals surface area contributed by atoms with E-state index in [1.807, 2.05) is 0 Å². The minimum atomic E-state index is -0.545. The Morgan fingerprint density at radius 3 is 3.07 bits per heavy atom. The molecule has 1 atom stereocenters. The van der Waals surface area contributed by atoms with Gasteiger partial charge in [-0.25, -0.2) is 0 Å². The van der Waals surface area contributed by atoms with Gasteiger partial charge in [-0.05, 0) is 12.1 Å². The summed E-state index contributed by atoms with van der Waals surface area (Å²) in [5.74, 6) is -0.0377. The number of amides is 1. The van der Waals surface area contributed by atoms with E-state index in [-0.39, 0.29) is 12.3 Å². The number of carbonyl (C=O) groups excluding carboxylic acids is 1. The van der Waals surface area contributed by atoms with E-state index in [1.165, 1.54) is 0 Å². The molecule has 4 nitrogen and oxygen atoms in total. The van der Waals surface area contributed by atoms with Crippen LogP contribution in [0.1, 0.15) is 12.1 Å². The lowest BCUT2D eigenvalue weighted by atomic mass is 10.3. The average molecular weight is 227 g/mol. The highest BCUT2D eigenvalue weighted by Crippen LogP contribution is 2.15. The van der Waals surface area contributed by atoms with Crippen molar-refractivity contribution in [2.75, 3.05) is 6.54 Å². The topological polar surface area (TPSA) is 53.4 Å². The van der Waals surface area contributed by atoms with Crippen molar-refractivity contribution in [1.29, 1.82) is 0 Å². The summed E-state index contributed by atoms with van der Waals surface area (Å²) >= 11 is 5.80. The van der Waals surface area contributed by atoms with Crippen molar-refractivity contribution in [3.05, 3.63) is 29.0 Å². The highest BCUT2D eigenvalue weighted by molar-refractivity contribution is 6.30. The average Bonchev–Trinajstić information content (AvgIpc) is 2.45. The molecule has 0 aliphatic carbocycles. The summed E-state index contributed by atoms with van der Waals surface area (Å²) in [6.45, 7) is 0.795. The molecule has 1 amide bonds. The zero-order valence-electron chi connectivity index (χ0n) is 8.06. The predicted molar refractivity (Wildman–Crippen MR) is 55.3 cm³/mol. The molecule has 1 fully saturated rings. The van der Waals surface area contributed by atoms with Gasteiger partial charge in [-0.2, -0.15) is 0 Å². The lowest BCUT2D eigenvalue weighted by Gasteiger charge is -2.14. The molecule has 0 aromatic carbocycles. The van der Waals surface area contributed by atoms with E-state index in [9.17, 15) is 9.90 Å². The molecule has 2 rings (SSSR count). The summed E-state index contributed by atoms with van der Waals surface area (Å²) in [5, 5.41) is 9.90. The van der Waals surface area contributed by atoms with Crippen LogP contribution in [0, 0.1) is 0 Å². The van der Waals surface area contributed by atoms with Crippen molar-refractivity contribution in [1.82, 2.24) is 9.88 Å². The van der Waals surface area contributed by atoms with Gasteiger partial charge in [0.2, 0.25) is 5.91 Å². The Morgan fingerprint density at radius 1 is 1.67 bits per heavy atom. The van der Waals surface area contributed by atoms with Crippen LogP contribution in [-0.2, 0) is 11.3 Å². The molecule has 1 aliphatic rings. The first kappa shape index (κ1) is 10.4. The SMILES string of the molecule is O=C1CC(O)CN1Cc1cc(Cl)ccn1. The normalized spacial score (nSPS) is 21.1. The Hall–Kier alpha value is -1.13. The van der Waals surface area contributed by atoms with E-state index in [2.05, 4.69) is 4.98 Å². The first-order valence-corrected chi connectivity index (χ1v) is 5.09. The summed E-state index contributed by atoms with van der Waals surface area (Å²) in [6.07, 6.45) is 1.27. The minimum absolute atomic E-state index is 0.0377. The van der Waals surface area contributed by atoms with Gasteiger partial charge >= 0.3 is 0 Å². The fourth-order valence-corrected chi connectivity index (χ4v) is 1.82. The van der Waals surface area contributed by atoms with Gasteiger partial charge < -0.3 is 10.0 Å². The number of carbonyl (C=O) groups is 1. The van der Waals surface area contributed by atoms with Crippen LogP contribution in [0.25, 0.3) is 0 Å². The molecule has 0 saturated carbocycles. The van der Waals surface area contributed by atoms with Gasteiger partial charge in [-0.15, -0.1) is 0 Å². The number of β-amino-alcohol motifs (C(OH)–C–C–N with tert-alkyl or cyclic N) is 1. The molecular weight excluding hydrogens is 216 g/mol. The second-order valence-corrected chi connectivity index (χ2v) is 4.03. The lowest BCUT2D eigenvalue weighted by Crippen LogP contribution is -2.25. The fourth-order valence-electron chi connectivity index (χ4n) is 1.63. The quantitative estimate of drug-likeness (QED) is 0.813. The number of hydrogen-bond donors (Lipinski definition) is 1. The maximum atomic E-state index is 11.4. The molecule has 1 aromatic heterocycles. The van der Waals surface area contributed by atoms with Crippen LogP contribution in [0.15, 0.2) is 18.3 Å². The van der Waals surface area contributed by atoms with Gasteiger partial charge in [0.15, 0.2) is 0 Å². The zero-order valence-corrected chi connectivity index (χ0v) is 8.81. The minimum Gasteiger partial charge on any atom is -0.391 e. The highest BCUT2D eigenvalue weighted by Gasteiger charge is 2.27. The van der Waals surface area contributed by atoms with Crippen LogP contribution in [-0.4, -0.2) is 33.5 Å². The number of likely N-dealkylation sites (tertiary alicyclic amines) is 1. The predicted octanol–water partition coefficient (Wildman–Crippen LogP) is 0.828. The molecule has 1 aliphatic heterocycles.